The molecular weight excluding hydrogens is 436 g/mol. The van der Waals surface area contributed by atoms with Gasteiger partial charge in [-0.25, -0.2) is 9.59 Å². The molecular formula is C26H30N2O6. The Morgan fingerprint density at radius 1 is 1.06 bits per heavy atom. The Hall–Kier alpha value is -3.39. The van der Waals surface area contributed by atoms with Crippen LogP contribution in [0.1, 0.15) is 50.7 Å². The first-order chi connectivity index (χ1) is 16.0. The van der Waals surface area contributed by atoms with Crippen LogP contribution in [0.4, 0.5) is 4.79 Å². The topological polar surface area (TPSA) is 119 Å². The van der Waals surface area contributed by atoms with E-state index in [-0.39, 0.29) is 31.9 Å². The van der Waals surface area contributed by atoms with Gasteiger partial charge < -0.3 is 20.3 Å². The van der Waals surface area contributed by atoms with E-state index in [1.165, 1.54) is 4.90 Å². The molecule has 0 radical (unpaired) electrons. The van der Waals surface area contributed by atoms with Crippen LogP contribution in [0, 0.1) is 0 Å². The molecule has 2 aromatic carbocycles. The van der Waals surface area contributed by atoms with Gasteiger partial charge in [0, 0.05) is 18.9 Å². The molecule has 34 heavy (non-hydrogen) atoms. The summed E-state index contributed by atoms with van der Waals surface area (Å²) in [5, 5.41) is 9.58. The number of esters is 1. The molecule has 1 heterocycles. The number of ether oxygens (including phenoxy) is 2. The molecule has 8 heteroatoms. The van der Waals surface area contributed by atoms with Gasteiger partial charge in [0.15, 0.2) is 0 Å². The molecule has 2 unspecified atom stereocenters. The molecule has 2 aromatic rings. The van der Waals surface area contributed by atoms with Crippen LogP contribution in [0.15, 0.2) is 48.5 Å². The number of aliphatic carboxylic acids is 1. The van der Waals surface area contributed by atoms with Crippen molar-refractivity contribution in [2.24, 2.45) is 5.73 Å². The van der Waals surface area contributed by atoms with Gasteiger partial charge in [-0.05, 0) is 49.4 Å². The lowest BCUT2D eigenvalue weighted by Gasteiger charge is -2.41. The zero-order chi connectivity index (χ0) is 24.7. The lowest BCUT2D eigenvalue weighted by Crippen LogP contribution is -2.62. The second-order valence-electron chi connectivity index (χ2n) is 9.96. The summed E-state index contributed by atoms with van der Waals surface area (Å²) in [6, 6.07) is 14.9. The monoisotopic (exact) mass is 466 g/mol. The maximum absolute atomic E-state index is 13.1. The predicted molar refractivity (Wildman–Crippen MR) is 125 cm³/mol. The number of piperidine rings is 1. The zero-order valence-electron chi connectivity index (χ0n) is 19.6. The maximum atomic E-state index is 13.1. The summed E-state index contributed by atoms with van der Waals surface area (Å²) in [6.45, 7) is 5.19. The van der Waals surface area contributed by atoms with Gasteiger partial charge in [-0.1, -0.05) is 48.5 Å². The van der Waals surface area contributed by atoms with Crippen molar-refractivity contribution >= 4 is 18.0 Å². The number of rotatable bonds is 4. The standard InChI is InChI=1S/C26H30N2O6/c1-25(2,3)34-22(29)21-14-26(27,23(30)31)12-13-28(21)24(32)33-15-20-18-10-6-4-8-16(18)17-9-5-7-11-19(17)20/h4-11,20-21H,12-15,27H2,1-3H3,(H,30,31). The minimum atomic E-state index is -1.62. The molecule has 0 saturated carbocycles. The Morgan fingerprint density at radius 2 is 1.62 bits per heavy atom. The predicted octanol–water partition coefficient (Wildman–Crippen LogP) is 3.52. The van der Waals surface area contributed by atoms with Crippen LogP contribution < -0.4 is 5.73 Å². The molecule has 1 fully saturated rings. The normalized spacial score (nSPS) is 22.0. The van der Waals surface area contributed by atoms with E-state index >= 15 is 0 Å². The van der Waals surface area contributed by atoms with Crippen molar-refractivity contribution in [2.45, 2.75) is 56.7 Å². The fourth-order valence-corrected chi connectivity index (χ4v) is 4.70. The van der Waals surface area contributed by atoms with Crippen molar-refractivity contribution in [2.75, 3.05) is 13.2 Å². The maximum Gasteiger partial charge on any atom is 0.410 e. The van der Waals surface area contributed by atoms with Crippen LogP contribution in [-0.2, 0) is 19.1 Å². The van der Waals surface area contributed by atoms with Crippen molar-refractivity contribution in [1.82, 2.24) is 4.90 Å². The molecule has 4 rings (SSSR count). The smallest absolute Gasteiger partial charge is 0.410 e. The molecule has 180 valence electrons. The van der Waals surface area contributed by atoms with Gasteiger partial charge in [0.1, 0.15) is 23.8 Å². The van der Waals surface area contributed by atoms with Crippen molar-refractivity contribution in [3.63, 3.8) is 0 Å². The summed E-state index contributed by atoms with van der Waals surface area (Å²) in [7, 11) is 0. The Balaban J connectivity index is 1.53. The lowest BCUT2D eigenvalue weighted by atomic mass is 9.84. The third-order valence-electron chi connectivity index (χ3n) is 6.41. The molecule has 3 N–H and O–H groups in total. The van der Waals surface area contributed by atoms with E-state index in [1.54, 1.807) is 20.8 Å². The van der Waals surface area contributed by atoms with E-state index in [0.29, 0.717) is 0 Å². The Labute approximate surface area is 198 Å². The van der Waals surface area contributed by atoms with E-state index in [0.717, 1.165) is 22.3 Å². The fourth-order valence-electron chi connectivity index (χ4n) is 4.70. The Bertz CT molecular complexity index is 1080. The van der Waals surface area contributed by atoms with Crippen LogP contribution in [0.2, 0.25) is 0 Å². The second kappa shape index (κ2) is 8.76. The molecule has 2 aliphatic rings. The number of carbonyl (C=O) groups is 3. The number of hydrogen-bond acceptors (Lipinski definition) is 6. The molecule has 2 atom stereocenters. The van der Waals surface area contributed by atoms with Crippen molar-refractivity contribution < 1.29 is 29.0 Å². The number of carboxylic acids is 1. The van der Waals surface area contributed by atoms with Crippen LogP contribution in [0.25, 0.3) is 11.1 Å². The summed E-state index contributed by atoms with van der Waals surface area (Å²) >= 11 is 0. The van der Waals surface area contributed by atoms with Gasteiger partial charge in [0.05, 0.1) is 0 Å². The largest absolute Gasteiger partial charge is 0.480 e. The minimum absolute atomic E-state index is 0.00578. The van der Waals surface area contributed by atoms with Crippen molar-refractivity contribution in [1.29, 1.82) is 0 Å². The number of carbonyl (C=O) groups excluding carboxylic acids is 2. The highest BCUT2D eigenvalue weighted by Crippen LogP contribution is 2.44. The van der Waals surface area contributed by atoms with Crippen LogP contribution in [-0.4, -0.2) is 58.4 Å². The van der Waals surface area contributed by atoms with Crippen LogP contribution in [0.3, 0.4) is 0 Å². The lowest BCUT2D eigenvalue weighted by molar-refractivity contribution is -0.164. The number of nitrogens with two attached hydrogens (primary N) is 1. The first kappa shape index (κ1) is 23.8. The highest BCUT2D eigenvalue weighted by molar-refractivity contribution is 5.86. The second-order valence-corrected chi connectivity index (χ2v) is 9.96. The van der Waals surface area contributed by atoms with Gasteiger partial charge in [0.2, 0.25) is 0 Å². The van der Waals surface area contributed by atoms with Gasteiger partial charge >= 0.3 is 18.0 Å². The average molecular weight is 467 g/mol. The molecule has 0 aromatic heterocycles. The summed E-state index contributed by atoms with van der Waals surface area (Å²) in [5.41, 5.74) is 7.99. The average Bonchev–Trinajstić information content (AvgIpc) is 3.10. The summed E-state index contributed by atoms with van der Waals surface area (Å²) in [4.78, 5) is 39.0. The highest BCUT2D eigenvalue weighted by atomic mass is 16.6. The molecule has 0 spiro atoms. The van der Waals surface area contributed by atoms with Crippen molar-refractivity contribution in [3.05, 3.63) is 59.7 Å². The SMILES string of the molecule is CC(C)(C)OC(=O)C1CC(N)(C(=O)O)CCN1C(=O)OCC1c2ccccc2-c2ccccc21. The number of benzene rings is 2. The summed E-state index contributed by atoms with van der Waals surface area (Å²) in [6.07, 6.45) is -0.932. The van der Waals surface area contributed by atoms with Gasteiger partial charge in [-0.15, -0.1) is 0 Å². The third kappa shape index (κ3) is 4.50. The molecule has 8 nitrogen and oxygen atoms in total. The number of fused-ring (bicyclic) bond motifs is 3. The van der Waals surface area contributed by atoms with E-state index in [1.807, 2.05) is 48.5 Å². The molecule has 1 amide bonds. The molecule has 1 saturated heterocycles. The number of nitrogens with zero attached hydrogens (tertiary/aromatic N) is 1. The van der Waals surface area contributed by atoms with Gasteiger partial charge in [-0.2, -0.15) is 0 Å². The summed E-state index contributed by atoms with van der Waals surface area (Å²) in [5.74, 6) is -2.04. The van der Waals surface area contributed by atoms with E-state index in [2.05, 4.69) is 0 Å². The van der Waals surface area contributed by atoms with Gasteiger partial charge in [0.25, 0.3) is 0 Å². The quantitative estimate of drug-likeness (QED) is 0.662. The summed E-state index contributed by atoms with van der Waals surface area (Å²) < 4.78 is 11.2. The first-order valence-corrected chi connectivity index (χ1v) is 11.4. The third-order valence-corrected chi connectivity index (χ3v) is 6.41. The number of likely N-dealkylation sites (tertiary alicyclic amines) is 1. The fraction of sp³-hybridized carbons (Fsp3) is 0.423. The zero-order valence-corrected chi connectivity index (χ0v) is 19.6. The minimum Gasteiger partial charge on any atom is -0.480 e. The number of hydrogen-bond donors (Lipinski definition) is 2. The number of carboxylic acid groups (broad SMARTS) is 1. The highest BCUT2D eigenvalue weighted by Gasteiger charge is 2.48. The van der Waals surface area contributed by atoms with Crippen LogP contribution >= 0.6 is 0 Å². The van der Waals surface area contributed by atoms with E-state index in [4.69, 9.17) is 15.2 Å². The molecule has 1 aliphatic carbocycles. The molecule has 1 aliphatic heterocycles. The number of amides is 1. The Kier molecular flexibility index (Phi) is 6.12. The Morgan fingerprint density at radius 3 is 2.15 bits per heavy atom. The van der Waals surface area contributed by atoms with E-state index in [9.17, 15) is 19.5 Å². The van der Waals surface area contributed by atoms with Gasteiger partial charge in [-0.3, -0.25) is 9.69 Å². The first-order valence-electron chi connectivity index (χ1n) is 11.4. The van der Waals surface area contributed by atoms with E-state index < -0.39 is 35.2 Å². The van der Waals surface area contributed by atoms with Crippen LogP contribution in [0.5, 0.6) is 0 Å². The molecule has 0 bridgehead atoms. The van der Waals surface area contributed by atoms with Crippen molar-refractivity contribution in [3.8, 4) is 11.1 Å².